The summed E-state index contributed by atoms with van der Waals surface area (Å²) in [4.78, 5) is 7.46. The lowest BCUT2D eigenvalue weighted by Crippen LogP contribution is -2.53. The Kier molecular flexibility index (Phi) is 6.14. The van der Waals surface area contributed by atoms with Gasteiger partial charge in [-0.05, 0) is 112 Å². The second-order valence-electron chi connectivity index (χ2n) is 11.2. The van der Waals surface area contributed by atoms with E-state index in [1.807, 2.05) is 20.3 Å². The molecule has 0 bridgehead atoms. The van der Waals surface area contributed by atoms with E-state index in [1.54, 1.807) is 5.57 Å². The first-order valence-corrected chi connectivity index (χ1v) is 12.0. The summed E-state index contributed by atoms with van der Waals surface area (Å²) < 4.78 is 0. The third-order valence-corrected chi connectivity index (χ3v) is 9.58. The van der Waals surface area contributed by atoms with Gasteiger partial charge in [0.25, 0.3) is 0 Å². The van der Waals surface area contributed by atoms with E-state index in [9.17, 15) is 5.11 Å². The van der Waals surface area contributed by atoms with Crippen LogP contribution in [-0.4, -0.2) is 49.6 Å². The molecule has 0 spiro atoms. The van der Waals surface area contributed by atoms with Gasteiger partial charge >= 0.3 is 0 Å². The van der Waals surface area contributed by atoms with Gasteiger partial charge in [0.2, 0.25) is 0 Å². The number of aliphatic hydroxyl groups excluding tert-OH is 1. The molecular formula is C25H42N2O2. The summed E-state index contributed by atoms with van der Waals surface area (Å²) in [7, 11) is 4.09. The van der Waals surface area contributed by atoms with E-state index >= 15 is 0 Å². The predicted molar refractivity (Wildman–Crippen MR) is 119 cm³/mol. The first-order chi connectivity index (χ1) is 13.8. The number of hydrogen-bond donors (Lipinski definition) is 1. The second-order valence-corrected chi connectivity index (χ2v) is 11.2. The Labute approximate surface area is 177 Å². The van der Waals surface area contributed by atoms with E-state index in [2.05, 4.69) is 30.0 Å². The van der Waals surface area contributed by atoms with Crippen molar-refractivity contribution in [3.05, 3.63) is 11.6 Å². The molecule has 4 unspecified atom stereocenters. The van der Waals surface area contributed by atoms with Crippen molar-refractivity contribution in [1.82, 2.24) is 4.90 Å². The molecule has 4 fully saturated rings. The van der Waals surface area contributed by atoms with Crippen LogP contribution in [0.3, 0.4) is 0 Å². The Bertz CT molecular complexity index is 645. The zero-order chi connectivity index (χ0) is 20.6. The molecule has 0 heterocycles. The Balaban J connectivity index is 1.38. The Morgan fingerprint density at radius 1 is 1.07 bits per heavy atom. The van der Waals surface area contributed by atoms with Crippen molar-refractivity contribution >= 4 is 6.21 Å². The van der Waals surface area contributed by atoms with Gasteiger partial charge in [-0.25, -0.2) is 0 Å². The van der Waals surface area contributed by atoms with Crippen LogP contribution in [0.25, 0.3) is 0 Å². The van der Waals surface area contributed by atoms with Crippen LogP contribution in [0.5, 0.6) is 0 Å². The summed E-state index contributed by atoms with van der Waals surface area (Å²) in [5, 5.41) is 14.8. The number of oxime groups is 1. The van der Waals surface area contributed by atoms with Gasteiger partial charge in [-0.3, -0.25) is 0 Å². The van der Waals surface area contributed by atoms with Crippen molar-refractivity contribution in [2.75, 3.05) is 27.2 Å². The topological polar surface area (TPSA) is 45.1 Å². The van der Waals surface area contributed by atoms with Crippen LogP contribution in [0.1, 0.15) is 71.6 Å². The number of hydrogen-bond acceptors (Lipinski definition) is 4. The van der Waals surface area contributed by atoms with Crippen molar-refractivity contribution in [2.45, 2.75) is 77.7 Å². The Morgan fingerprint density at radius 3 is 2.66 bits per heavy atom. The molecule has 0 aromatic rings. The molecule has 29 heavy (non-hydrogen) atoms. The van der Waals surface area contributed by atoms with Gasteiger partial charge in [0.15, 0.2) is 0 Å². The minimum atomic E-state index is -0.0564. The average Bonchev–Trinajstić information content (AvgIpc) is 2.99. The molecule has 1 N–H and O–H groups in total. The molecule has 0 aromatic heterocycles. The summed E-state index contributed by atoms with van der Waals surface area (Å²) in [6.07, 6.45) is 15.4. The maximum atomic E-state index is 10.6. The normalized spacial score (nSPS) is 46.0. The van der Waals surface area contributed by atoms with E-state index in [1.165, 1.54) is 51.4 Å². The van der Waals surface area contributed by atoms with Gasteiger partial charge in [-0.15, -0.1) is 0 Å². The Hall–Kier alpha value is -0.870. The second kappa shape index (κ2) is 8.34. The summed E-state index contributed by atoms with van der Waals surface area (Å²) in [5.74, 6) is 3.30. The van der Waals surface area contributed by atoms with E-state index in [0.717, 1.165) is 36.6 Å². The van der Waals surface area contributed by atoms with Gasteiger partial charge in [0.1, 0.15) is 6.61 Å². The molecule has 4 rings (SSSR count). The van der Waals surface area contributed by atoms with E-state index in [-0.39, 0.29) is 11.5 Å². The first kappa shape index (κ1) is 21.4. The van der Waals surface area contributed by atoms with Gasteiger partial charge in [0.05, 0.1) is 12.3 Å². The largest absolute Gasteiger partial charge is 0.394 e. The van der Waals surface area contributed by atoms with Crippen LogP contribution in [0.2, 0.25) is 0 Å². The third-order valence-electron chi connectivity index (χ3n) is 9.58. The number of nitrogens with zero attached hydrogens (tertiary/aromatic N) is 2. The minimum Gasteiger partial charge on any atom is -0.394 e. The number of aliphatic hydroxyl groups is 1. The fourth-order valence-corrected chi connectivity index (χ4v) is 7.69. The fraction of sp³-hybridized carbons (Fsp3) is 0.880. The summed E-state index contributed by atoms with van der Waals surface area (Å²) in [6.45, 7) is 6.54. The van der Waals surface area contributed by atoms with Crippen molar-refractivity contribution in [1.29, 1.82) is 0 Å². The number of fused-ring (bicyclic) bond motifs is 5. The predicted octanol–water partition coefficient (Wildman–Crippen LogP) is 4.88. The molecule has 4 aliphatic carbocycles. The van der Waals surface area contributed by atoms with E-state index < -0.39 is 0 Å². The standard InChI is InChI=1S/C25H42N2O2/c1-24-12-9-18(11-14-26-29-16-15-27(3)4)17-19(24)5-6-20-21-7-8-23(28)25(21,2)13-10-22(20)24/h11,14,19-23,28H,5-10,12-13,15-17H2,1-4H3/t19?,20?,21?,22?,23-,24-,25-/m0/s1. The molecule has 164 valence electrons. The molecule has 4 heteroatoms. The summed E-state index contributed by atoms with van der Waals surface area (Å²) >= 11 is 0. The number of likely N-dealkylation sites (N-methyl/N-ethyl adjacent to an activating group) is 1. The van der Waals surface area contributed by atoms with Crippen molar-refractivity contribution in [2.24, 2.45) is 39.7 Å². The van der Waals surface area contributed by atoms with Crippen LogP contribution >= 0.6 is 0 Å². The molecular weight excluding hydrogens is 360 g/mol. The highest BCUT2D eigenvalue weighted by Gasteiger charge is 2.59. The zero-order valence-corrected chi connectivity index (χ0v) is 19.1. The highest BCUT2D eigenvalue weighted by atomic mass is 16.6. The zero-order valence-electron chi connectivity index (χ0n) is 19.1. The van der Waals surface area contributed by atoms with Gasteiger partial charge < -0.3 is 14.8 Å². The molecule has 4 aliphatic rings. The van der Waals surface area contributed by atoms with Crippen LogP contribution < -0.4 is 0 Å². The molecule has 7 atom stereocenters. The van der Waals surface area contributed by atoms with E-state index in [4.69, 9.17) is 4.84 Å². The lowest BCUT2D eigenvalue weighted by atomic mass is 9.45. The van der Waals surface area contributed by atoms with Crippen molar-refractivity contribution in [3.8, 4) is 0 Å². The van der Waals surface area contributed by atoms with Crippen LogP contribution in [0.4, 0.5) is 0 Å². The average molecular weight is 403 g/mol. The maximum absolute atomic E-state index is 10.6. The highest BCUT2D eigenvalue weighted by Crippen LogP contribution is 2.66. The minimum absolute atomic E-state index is 0.0564. The molecule has 0 saturated heterocycles. The number of rotatable bonds is 5. The van der Waals surface area contributed by atoms with Crippen LogP contribution in [0.15, 0.2) is 16.8 Å². The SMILES string of the molecule is CN(C)CCON=CC=C1CC[C@@]2(C)C(CCC3C2CC[C@@]2(C)C3CC[C@@H]2O)C1. The van der Waals surface area contributed by atoms with E-state index in [0.29, 0.717) is 12.0 Å². The third kappa shape index (κ3) is 3.92. The molecule has 0 aliphatic heterocycles. The molecule has 4 saturated carbocycles. The fourth-order valence-electron chi connectivity index (χ4n) is 7.69. The molecule has 0 aromatic carbocycles. The van der Waals surface area contributed by atoms with Gasteiger partial charge in [-0.2, -0.15) is 0 Å². The summed E-state index contributed by atoms with van der Waals surface area (Å²) in [5.41, 5.74) is 2.25. The number of allylic oxidation sites excluding steroid dienone is 2. The van der Waals surface area contributed by atoms with Gasteiger partial charge in [-0.1, -0.05) is 24.6 Å². The molecule has 0 amide bonds. The van der Waals surface area contributed by atoms with Crippen LogP contribution in [-0.2, 0) is 4.84 Å². The van der Waals surface area contributed by atoms with Crippen LogP contribution in [0, 0.1) is 34.5 Å². The Morgan fingerprint density at radius 2 is 1.86 bits per heavy atom. The smallest absolute Gasteiger partial charge is 0.129 e. The molecule has 0 radical (unpaired) electrons. The highest BCUT2D eigenvalue weighted by molar-refractivity contribution is 5.71. The maximum Gasteiger partial charge on any atom is 0.129 e. The molecule has 4 nitrogen and oxygen atoms in total. The lowest BCUT2D eigenvalue weighted by Gasteiger charge is -2.60. The monoisotopic (exact) mass is 402 g/mol. The summed E-state index contributed by atoms with van der Waals surface area (Å²) in [6, 6.07) is 0. The lowest BCUT2D eigenvalue weighted by molar-refractivity contribution is -0.115. The first-order valence-electron chi connectivity index (χ1n) is 12.0. The van der Waals surface area contributed by atoms with Crippen molar-refractivity contribution in [3.63, 3.8) is 0 Å². The van der Waals surface area contributed by atoms with Crippen molar-refractivity contribution < 1.29 is 9.94 Å². The van der Waals surface area contributed by atoms with Gasteiger partial charge in [0, 0.05) is 6.54 Å². The quantitative estimate of drug-likeness (QED) is 0.405.